The molecular formula is C39H74O5. The second kappa shape index (κ2) is 36.1. The van der Waals surface area contributed by atoms with Crippen LogP contribution in [0.4, 0.5) is 0 Å². The van der Waals surface area contributed by atoms with Crippen molar-refractivity contribution in [2.75, 3.05) is 13.2 Å². The molecule has 0 aromatic carbocycles. The number of ether oxygens (including phenoxy) is 2. The third kappa shape index (κ3) is 33.5. The van der Waals surface area contributed by atoms with Gasteiger partial charge in [0.15, 0.2) is 6.10 Å². The van der Waals surface area contributed by atoms with Gasteiger partial charge < -0.3 is 14.6 Å². The van der Waals surface area contributed by atoms with Gasteiger partial charge in [-0.05, 0) is 38.5 Å². The molecule has 260 valence electrons. The van der Waals surface area contributed by atoms with Gasteiger partial charge in [-0.2, -0.15) is 0 Å². The molecule has 1 N–H and O–H groups in total. The van der Waals surface area contributed by atoms with Gasteiger partial charge in [0.1, 0.15) is 6.61 Å². The maximum absolute atomic E-state index is 12.1. The molecule has 0 saturated carbocycles. The Morgan fingerprint density at radius 2 is 0.841 bits per heavy atom. The van der Waals surface area contributed by atoms with Gasteiger partial charge in [-0.3, -0.25) is 9.59 Å². The lowest BCUT2D eigenvalue weighted by atomic mass is 10.0. The summed E-state index contributed by atoms with van der Waals surface area (Å²) < 4.78 is 10.6. The van der Waals surface area contributed by atoms with Gasteiger partial charge in [0.25, 0.3) is 0 Å². The smallest absolute Gasteiger partial charge is 0.306 e. The molecule has 1 unspecified atom stereocenters. The summed E-state index contributed by atoms with van der Waals surface area (Å²) in [4.78, 5) is 24.2. The predicted octanol–water partition coefficient (Wildman–Crippen LogP) is 11.7. The summed E-state index contributed by atoms with van der Waals surface area (Å²) in [6, 6.07) is 0. The van der Waals surface area contributed by atoms with E-state index in [1.165, 1.54) is 135 Å². The number of aliphatic hydroxyl groups is 1. The average Bonchev–Trinajstić information content (AvgIpc) is 3.02. The normalized spacial score (nSPS) is 12.2. The highest BCUT2D eigenvalue weighted by Gasteiger charge is 2.16. The summed E-state index contributed by atoms with van der Waals surface area (Å²) in [5.41, 5.74) is 0. The van der Waals surface area contributed by atoms with Crippen molar-refractivity contribution in [1.82, 2.24) is 0 Å². The molecule has 0 spiro atoms. The number of aliphatic hydroxyl groups excluding tert-OH is 1. The lowest BCUT2D eigenvalue weighted by Gasteiger charge is -2.15. The van der Waals surface area contributed by atoms with E-state index in [0.717, 1.165) is 44.9 Å². The van der Waals surface area contributed by atoms with Gasteiger partial charge in [0, 0.05) is 12.8 Å². The predicted molar refractivity (Wildman–Crippen MR) is 187 cm³/mol. The molecule has 0 fully saturated rings. The highest BCUT2D eigenvalue weighted by molar-refractivity contribution is 5.70. The topological polar surface area (TPSA) is 72.8 Å². The van der Waals surface area contributed by atoms with Crippen molar-refractivity contribution in [2.24, 2.45) is 0 Å². The van der Waals surface area contributed by atoms with Gasteiger partial charge in [0.2, 0.25) is 0 Å². The van der Waals surface area contributed by atoms with Crippen LogP contribution in [0.25, 0.3) is 0 Å². The van der Waals surface area contributed by atoms with Crippen molar-refractivity contribution in [3.8, 4) is 0 Å². The molecule has 1 atom stereocenters. The van der Waals surface area contributed by atoms with Gasteiger partial charge >= 0.3 is 11.9 Å². The third-order valence-electron chi connectivity index (χ3n) is 8.56. The van der Waals surface area contributed by atoms with Crippen LogP contribution in [0.15, 0.2) is 12.2 Å². The molecule has 0 aromatic heterocycles. The SMILES string of the molecule is CCCCCCCCC/C=C\CCCCCCCC(=O)OC(CO)COC(=O)CCCCCCCCCCCCCCCC. The van der Waals surface area contributed by atoms with E-state index in [1.54, 1.807) is 0 Å². The van der Waals surface area contributed by atoms with Crippen molar-refractivity contribution in [3.05, 3.63) is 12.2 Å². The molecular weight excluding hydrogens is 548 g/mol. The number of unbranched alkanes of at least 4 members (excludes halogenated alkanes) is 25. The van der Waals surface area contributed by atoms with Crippen LogP contribution in [0.5, 0.6) is 0 Å². The fourth-order valence-corrected chi connectivity index (χ4v) is 5.61. The summed E-state index contributed by atoms with van der Waals surface area (Å²) in [6.07, 6.45) is 39.8. The van der Waals surface area contributed by atoms with Crippen molar-refractivity contribution in [1.29, 1.82) is 0 Å². The van der Waals surface area contributed by atoms with E-state index in [0.29, 0.717) is 12.8 Å². The number of allylic oxidation sites excluding steroid dienone is 2. The van der Waals surface area contributed by atoms with Crippen LogP contribution in [0.2, 0.25) is 0 Å². The summed E-state index contributed by atoms with van der Waals surface area (Å²) in [7, 11) is 0. The number of hydrogen-bond donors (Lipinski definition) is 1. The number of carbonyl (C=O) groups is 2. The summed E-state index contributed by atoms with van der Waals surface area (Å²) in [6.45, 7) is 4.14. The first kappa shape index (κ1) is 42.6. The van der Waals surface area contributed by atoms with Crippen LogP contribution in [0.1, 0.15) is 206 Å². The maximum atomic E-state index is 12.1. The van der Waals surface area contributed by atoms with Gasteiger partial charge in [-0.15, -0.1) is 0 Å². The molecule has 0 rings (SSSR count). The number of hydrogen-bond acceptors (Lipinski definition) is 5. The van der Waals surface area contributed by atoms with E-state index < -0.39 is 6.10 Å². The van der Waals surface area contributed by atoms with E-state index >= 15 is 0 Å². The van der Waals surface area contributed by atoms with Gasteiger partial charge in [-0.25, -0.2) is 0 Å². The van der Waals surface area contributed by atoms with E-state index in [1.807, 2.05) is 0 Å². The first-order chi connectivity index (χ1) is 21.6. The van der Waals surface area contributed by atoms with Crippen LogP contribution in [0.3, 0.4) is 0 Å². The van der Waals surface area contributed by atoms with E-state index in [2.05, 4.69) is 26.0 Å². The first-order valence-electron chi connectivity index (χ1n) is 19.2. The average molecular weight is 623 g/mol. The fourth-order valence-electron chi connectivity index (χ4n) is 5.61. The Kier molecular flexibility index (Phi) is 35.0. The molecule has 5 nitrogen and oxygen atoms in total. The van der Waals surface area contributed by atoms with E-state index in [4.69, 9.17) is 9.47 Å². The van der Waals surface area contributed by atoms with Crippen LogP contribution in [-0.4, -0.2) is 36.4 Å². The number of esters is 2. The van der Waals surface area contributed by atoms with Gasteiger partial charge in [0.05, 0.1) is 6.61 Å². The molecule has 0 aliphatic rings. The lowest BCUT2D eigenvalue weighted by Crippen LogP contribution is -2.28. The van der Waals surface area contributed by atoms with E-state index in [-0.39, 0.29) is 25.2 Å². The minimum Gasteiger partial charge on any atom is -0.462 e. The number of rotatable bonds is 35. The molecule has 0 saturated heterocycles. The zero-order chi connectivity index (χ0) is 32.2. The Labute approximate surface area is 273 Å². The molecule has 0 aromatic rings. The zero-order valence-corrected chi connectivity index (χ0v) is 29.4. The molecule has 5 heteroatoms. The van der Waals surface area contributed by atoms with Crippen LogP contribution < -0.4 is 0 Å². The zero-order valence-electron chi connectivity index (χ0n) is 29.4. The second-order valence-electron chi connectivity index (χ2n) is 13.0. The standard InChI is InChI=1S/C39H74O5/c1-3-5-7-9-11-13-15-17-19-20-22-24-26-28-30-32-34-39(42)44-37(35-40)36-43-38(41)33-31-29-27-25-23-21-18-16-14-12-10-8-6-4-2/h19-20,37,40H,3-18,21-36H2,1-2H3/b20-19-. The number of carbonyl (C=O) groups excluding carboxylic acids is 2. The highest BCUT2D eigenvalue weighted by Crippen LogP contribution is 2.14. The molecule has 0 heterocycles. The largest absolute Gasteiger partial charge is 0.462 e. The molecule has 44 heavy (non-hydrogen) atoms. The molecule has 0 aliphatic carbocycles. The Morgan fingerprint density at radius 3 is 1.23 bits per heavy atom. The Hall–Kier alpha value is -1.36. The van der Waals surface area contributed by atoms with Crippen molar-refractivity contribution in [3.63, 3.8) is 0 Å². The fraction of sp³-hybridized carbons (Fsp3) is 0.897. The quantitative estimate of drug-likeness (QED) is 0.0432. The molecule has 0 amide bonds. The van der Waals surface area contributed by atoms with Gasteiger partial charge in [-0.1, -0.05) is 167 Å². The van der Waals surface area contributed by atoms with Crippen LogP contribution in [-0.2, 0) is 19.1 Å². The Balaban J connectivity index is 3.54. The summed E-state index contributed by atoms with van der Waals surface area (Å²) in [5, 5.41) is 9.53. The maximum Gasteiger partial charge on any atom is 0.306 e. The Bertz CT molecular complexity index is 632. The Morgan fingerprint density at radius 1 is 0.500 bits per heavy atom. The van der Waals surface area contributed by atoms with Crippen LogP contribution >= 0.6 is 0 Å². The lowest BCUT2D eigenvalue weighted by molar-refractivity contribution is -0.161. The van der Waals surface area contributed by atoms with Crippen molar-refractivity contribution >= 4 is 11.9 Å². The summed E-state index contributed by atoms with van der Waals surface area (Å²) in [5.74, 6) is -0.591. The monoisotopic (exact) mass is 623 g/mol. The second-order valence-corrected chi connectivity index (χ2v) is 13.0. The molecule has 0 radical (unpaired) electrons. The molecule has 0 bridgehead atoms. The van der Waals surface area contributed by atoms with E-state index in [9.17, 15) is 14.7 Å². The summed E-state index contributed by atoms with van der Waals surface area (Å²) >= 11 is 0. The molecule has 0 aliphatic heterocycles. The first-order valence-corrected chi connectivity index (χ1v) is 19.2. The van der Waals surface area contributed by atoms with Crippen molar-refractivity contribution < 1.29 is 24.2 Å². The minimum absolute atomic E-state index is 0.0633. The minimum atomic E-state index is -0.768. The van der Waals surface area contributed by atoms with Crippen LogP contribution in [0, 0.1) is 0 Å². The highest BCUT2D eigenvalue weighted by atomic mass is 16.6. The third-order valence-corrected chi connectivity index (χ3v) is 8.56. The van der Waals surface area contributed by atoms with Crippen molar-refractivity contribution in [2.45, 2.75) is 213 Å².